The first-order chi connectivity index (χ1) is 12.7. The van der Waals surface area contributed by atoms with Crippen LogP contribution < -0.4 is 19.7 Å². The molecule has 3 rings (SSSR count). The number of nitrogens with one attached hydrogen (secondary N) is 1. The molecule has 0 radical (unpaired) electrons. The molecule has 142 valence electrons. The molecule has 0 spiro atoms. The molecule has 2 aliphatic rings. The van der Waals surface area contributed by atoms with Gasteiger partial charge in [-0.05, 0) is 12.1 Å². The van der Waals surface area contributed by atoms with Crippen molar-refractivity contribution < 1.29 is 28.9 Å². The standard InChI is InChI=1S/C17H23N3O6/c21-6-8-24-7-3-18-16(22)12-19-4-5-20(17(19)23)13-1-2-14-15(11-13)26-10-9-25-14/h1-2,11,21H,3-10,12H2,(H,18,22). The number of nitrogens with zero attached hydrogens (tertiary/aromatic N) is 2. The van der Waals surface area contributed by atoms with Crippen LogP contribution >= 0.6 is 0 Å². The van der Waals surface area contributed by atoms with Gasteiger partial charge in [0.2, 0.25) is 5.91 Å². The van der Waals surface area contributed by atoms with Gasteiger partial charge in [0.05, 0.1) is 19.8 Å². The first kappa shape index (κ1) is 18.3. The number of fused-ring (bicyclic) bond motifs is 1. The van der Waals surface area contributed by atoms with Crippen LogP contribution in [0.5, 0.6) is 11.5 Å². The van der Waals surface area contributed by atoms with Crippen LogP contribution in [0.3, 0.4) is 0 Å². The maximum Gasteiger partial charge on any atom is 0.325 e. The third-order valence-electron chi connectivity index (χ3n) is 4.07. The molecular formula is C17H23N3O6. The van der Waals surface area contributed by atoms with Crippen molar-refractivity contribution in [1.82, 2.24) is 10.2 Å². The van der Waals surface area contributed by atoms with E-state index in [0.29, 0.717) is 51.0 Å². The fraction of sp³-hybridized carbons (Fsp3) is 0.529. The van der Waals surface area contributed by atoms with Crippen LogP contribution in [0.2, 0.25) is 0 Å². The van der Waals surface area contributed by atoms with Crippen LogP contribution in [0.1, 0.15) is 0 Å². The van der Waals surface area contributed by atoms with Gasteiger partial charge in [-0.3, -0.25) is 9.69 Å². The van der Waals surface area contributed by atoms with E-state index in [1.807, 2.05) is 6.07 Å². The van der Waals surface area contributed by atoms with E-state index in [1.165, 1.54) is 4.90 Å². The molecule has 1 fully saturated rings. The normalized spacial score (nSPS) is 16.1. The number of rotatable bonds is 8. The van der Waals surface area contributed by atoms with E-state index in [0.717, 1.165) is 5.69 Å². The predicted molar refractivity (Wildman–Crippen MR) is 92.7 cm³/mol. The Bertz CT molecular complexity index is 653. The Hall–Kier alpha value is -2.52. The minimum absolute atomic E-state index is 0.000114. The highest BCUT2D eigenvalue weighted by atomic mass is 16.6. The number of hydrogen-bond acceptors (Lipinski definition) is 6. The minimum atomic E-state index is -0.241. The van der Waals surface area contributed by atoms with Gasteiger partial charge in [0, 0.05) is 31.4 Å². The number of benzene rings is 1. The van der Waals surface area contributed by atoms with Crippen molar-refractivity contribution in [2.24, 2.45) is 0 Å². The van der Waals surface area contributed by atoms with Crippen LogP contribution in [0.4, 0.5) is 10.5 Å². The second kappa shape index (κ2) is 8.72. The van der Waals surface area contributed by atoms with Gasteiger partial charge in [0.1, 0.15) is 19.8 Å². The Morgan fingerprint density at radius 1 is 1.19 bits per heavy atom. The van der Waals surface area contributed by atoms with E-state index in [1.54, 1.807) is 17.0 Å². The summed E-state index contributed by atoms with van der Waals surface area (Å²) in [5.74, 6) is 1.06. The van der Waals surface area contributed by atoms with Gasteiger partial charge in [-0.1, -0.05) is 0 Å². The molecule has 2 heterocycles. The molecule has 0 bridgehead atoms. The number of hydrogen-bond donors (Lipinski definition) is 2. The lowest BCUT2D eigenvalue weighted by Crippen LogP contribution is -2.40. The molecule has 0 aromatic heterocycles. The van der Waals surface area contributed by atoms with Crippen LogP contribution in [0.25, 0.3) is 0 Å². The maximum absolute atomic E-state index is 12.6. The van der Waals surface area contributed by atoms with E-state index in [-0.39, 0.29) is 31.7 Å². The lowest BCUT2D eigenvalue weighted by atomic mass is 10.2. The van der Waals surface area contributed by atoms with Crippen LogP contribution in [-0.4, -0.2) is 81.2 Å². The molecule has 1 saturated heterocycles. The number of aliphatic hydroxyl groups is 1. The molecule has 2 aliphatic heterocycles. The predicted octanol–water partition coefficient (Wildman–Crippen LogP) is -0.175. The van der Waals surface area contributed by atoms with Crippen molar-refractivity contribution in [3.63, 3.8) is 0 Å². The number of urea groups is 1. The van der Waals surface area contributed by atoms with Gasteiger partial charge in [-0.25, -0.2) is 4.79 Å². The molecule has 0 unspecified atom stereocenters. The Labute approximate surface area is 151 Å². The molecule has 1 aromatic rings. The number of anilines is 1. The molecule has 0 atom stereocenters. The maximum atomic E-state index is 12.6. The van der Waals surface area contributed by atoms with Crippen molar-refractivity contribution in [1.29, 1.82) is 0 Å². The van der Waals surface area contributed by atoms with Crippen molar-refractivity contribution in [3.8, 4) is 11.5 Å². The zero-order chi connectivity index (χ0) is 18.4. The van der Waals surface area contributed by atoms with E-state index in [9.17, 15) is 9.59 Å². The average molecular weight is 365 g/mol. The van der Waals surface area contributed by atoms with Crippen molar-refractivity contribution in [2.45, 2.75) is 0 Å². The zero-order valence-corrected chi connectivity index (χ0v) is 14.5. The van der Waals surface area contributed by atoms with Crippen molar-refractivity contribution >= 4 is 17.6 Å². The summed E-state index contributed by atoms with van der Waals surface area (Å²) in [6.07, 6.45) is 0. The van der Waals surface area contributed by atoms with E-state index >= 15 is 0 Å². The molecule has 26 heavy (non-hydrogen) atoms. The topological polar surface area (TPSA) is 101 Å². The second-order valence-corrected chi connectivity index (χ2v) is 5.87. The summed E-state index contributed by atoms with van der Waals surface area (Å²) in [6.45, 7) is 2.84. The lowest BCUT2D eigenvalue weighted by molar-refractivity contribution is -0.121. The monoisotopic (exact) mass is 365 g/mol. The van der Waals surface area contributed by atoms with Gasteiger partial charge in [-0.15, -0.1) is 0 Å². The summed E-state index contributed by atoms with van der Waals surface area (Å²) in [4.78, 5) is 27.6. The van der Waals surface area contributed by atoms with Gasteiger partial charge in [0.15, 0.2) is 11.5 Å². The summed E-state index contributed by atoms with van der Waals surface area (Å²) in [5, 5.41) is 11.3. The third-order valence-corrected chi connectivity index (χ3v) is 4.07. The molecule has 3 amide bonds. The second-order valence-electron chi connectivity index (χ2n) is 5.87. The number of carbonyl (C=O) groups excluding carboxylic acids is 2. The van der Waals surface area contributed by atoms with Crippen LogP contribution in [0, 0.1) is 0 Å². The van der Waals surface area contributed by atoms with Gasteiger partial charge < -0.3 is 29.5 Å². The fourth-order valence-electron chi connectivity index (χ4n) is 2.83. The lowest BCUT2D eigenvalue weighted by Gasteiger charge is -2.22. The van der Waals surface area contributed by atoms with E-state index in [2.05, 4.69) is 5.32 Å². The summed E-state index contributed by atoms with van der Waals surface area (Å²) in [7, 11) is 0. The van der Waals surface area contributed by atoms with Crippen molar-refractivity contribution in [2.75, 3.05) is 64.1 Å². The Morgan fingerprint density at radius 3 is 2.81 bits per heavy atom. The van der Waals surface area contributed by atoms with E-state index < -0.39 is 0 Å². The van der Waals surface area contributed by atoms with Gasteiger partial charge in [0.25, 0.3) is 0 Å². The highest BCUT2D eigenvalue weighted by Crippen LogP contribution is 2.34. The number of amides is 3. The van der Waals surface area contributed by atoms with Gasteiger partial charge >= 0.3 is 6.03 Å². The van der Waals surface area contributed by atoms with Crippen molar-refractivity contribution in [3.05, 3.63) is 18.2 Å². The number of ether oxygens (including phenoxy) is 3. The molecule has 2 N–H and O–H groups in total. The van der Waals surface area contributed by atoms with E-state index in [4.69, 9.17) is 19.3 Å². The molecule has 9 nitrogen and oxygen atoms in total. The third kappa shape index (κ3) is 4.36. The van der Waals surface area contributed by atoms with Crippen LogP contribution in [0.15, 0.2) is 18.2 Å². The summed E-state index contributed by atoms with van der Waals surface area (Å²) >= 11 is 0. The molecular weight excluding hydrogens is 342 g/mol. The van der Waals surface area contributed by atoms with Gasteiger partial charge in [-0.2, -0.15) is 0 Å². The Balaban J connectivity index is 1.51. The first-order valence-corrected chi connectivity index (χ1v) is 8.60. The fourth-order valence-corrected chi connectivity index (χ4v) is 2.83. The Kier molecular flexibility index (Phi) is 6.13. The summed E-state index contributed by atoms with van der Waals surface area (Å²) < 4.78 is 16.1. The smallest absolute Gasteiger partial charge is 0.325 e. The number of aliphatic hydroxyl groups excluding tert-OH is 1. The average Bonchev–Trinajstić information content (AvgIpc) is 3.01. The largest absolute Gasteiger partial charge is 0.486 e. The molecule has 1 aromatic carbocycles. The number of carbonyl (C=O) groups is 2. The molecule has 0 aliphatic carbocycles. The molecule has 9 heteroatoms. The Morgan fingerprint density at radius 2 is 2.00 bits per heavy atom. The SMILES string of the molecule is O=C(CN1CCN(c2ccc3c(c2)OCCO3)C1=O)NCCOCCO. The summed E-state index contributed by atoms with van der Waals surface area (Å²) in [5.41, 5.74) is 0.722. The first-order valence-electron chi connectivity index (χ1n) is 8.60. The summed E-state index contributed by atoms with van der Waals surface area (Å²) in [6, 6.07) is 5.18. The zero-order valence-electron chi connectivity index (χ0n) is 14.5. The minimum Gasteiger partial charge on any atom is -0.486 e. The highest BCUT2D eigenvalue weighted by molar-refractivity contribution is 5.96. The highest BCUT2D eigenvalue weighted by Gasteiger charge is 2.31. The molecule has 0 saturated carbocycles. The quantitative estimate of drug-likeness (QED) is 0.620. The van der Waals surface area contributed by atoms with Crippen LogP contribution in [-0.2, 0) is 9.53 Å².